The highest BCUT2D eigenvalue weighted by molar-refractivity contribution is 5.58. The van der Waals surface area contributed by atoms with Crippen LogP contribution >= 0.6 is 0 Å². The average molecular weight is 238 g/mol. The smallest absolute Gasteiger partial charge is 0.0553 e. The van der Waals surface area contributed by atoms with E-state index in [1.807, 2.05) is 6.07 Å². The van der Waals surface area contributed by atoms with Crippen LogP contribution in [0, 0.1) is 0 Å². The molecule has 1 heterocycles. The summed E-state index contributed by atoms with van der Waals surface area (Å²) in [6.45, 7) is 2.23. The summed E-state index contributed by atoms with van der Waals surface area (Å²) in [5.41, 5.74) is 3.80. The summed E-state index contributed by atoms with van der Waals surface area (Å²) in [5.74, 6) is 0. The second kappa shape index (κ2) is 4.73. The van der Waals surface area contributed by atoms with E-state index < -0.39 is 0 Å². The maximum Gasteiger partial charge on any atom is 0.0553 e. The van der Waals surface area contributed by atoms with Gasteiger partial charge in [-0.3, -0.25) is 0 Å². The fourth-order valence-electron chi connectivity index (χ4n) is 2.61. The highest BCUT2D eigenvalue weighted by atomic mass is 15.0. The van der Waals surface area contributed by atoms with Crippen molar-refractivity contribution in [1.82, 2.24) is 0 Å². The largest absolute Gasteiger partial charge is 0.382 e. The Bertz CT molecular complexity index is 522. The number of nitrogens with one attached hydrogen (secondary N) is 2. The van der Waals surface area contributed by atoms with Crippen molar-refractivity contribution in [3.8, 4) is 0 Å². The summed E-state index contributed by atoms with van der Waals surface area (Å²) in [5, 5.41) is 7.16. The van der Waals surface area contributed by atoms with E-state index in [-0.39, 0.29) is 0 Å². The fraction of sp³-hybridized carbons (Fsp3) is 0.250. The molecule has 18 heavy (non-hydrogen) atoms. The van der Waals surface area contributed by atoms with E-state index in [1.54, 1.807) is 0 Å². The van der Waals surface area contributed by atoms with Crippen LogP contribution in [0.4, 0.5) is 11.4 Å². The average Bonchev–Trinajstić information content (AvgIpc) is 2.40. The first-order valence-corrected chi connectivity index (χ1v) is 6.50. The number of rotatable bonds is 2. The predicted octanol–water partition coefficient (Wildman–Crippen LogP) is 4.04. The molecule has 0 saturated carbocycles. The maximum atomic E-state index is 3.63. The first kappa shape index (κ1) is 11.1. The van der Waals surface area contributed by atoms with Gasteiger partial charge in [-0.25, -0.2) is 0 Å². The van der Waals surface area contributed by atoms with Gasteiger partial charge in [-0.05, 0) is 37.1 Å². The van der Waals surface area contributed by atoms with Gasteiger partial charge in [-0.15, -0.1) is 0 Å². The van der Waals surface area contributed by atoms with Crippen molar-refractivity contribution in [3.63, 3.8) is 0 Å². The molecule has 1 aliphatic rings. The normalized spacial score (nSPS) is 21.8. The molecule has 0 aromatic heterocycles. The SMILES string of the molecule is C[C@H]1C[C@@H](Nc2ccccc2)c2ccccc2N1. The molecule has 3 rings (SSSR count). The lowest BCUT2D eigenvalue weighted by Gasteiger charge is -2.32. The zero-order valence-corrected chi connectivity index (χ0v) is 10.6. The lowest BCUT2D eigenvalue weighted by atomic mass is 9.93. The van der Waals surface area contributed by atoms with Crippen molar-refractivity contribution in [2.24, 2.45) is 0 Å². The maximum absolute atomic E-state index is 3.63. The Labute approximate surface area is 108 Å². The molecule has 0 amide bonds. The zero-order valence-electron chi connectivity index (χ0n) is 10.6. The first-order valence-electron chi connectivity index (χ1n) is 6.50. The van der Waals surface area contributed by atoms with Crippen LogP contribution in [0.5, 0.6) is 0 Å². The minimum Gasteiger partial charge on any atom is -0.382 e. The summed E-state index contributed by atoms with van der Waals surface area (Å²) >= 11 is 0. The van der Waals surface area contributed by atoms with Gasteiger partial charge in [-0.1, -0.05) is 36.4 Å². The number of hydrogen-bond acceptors (Lipinski definition) is 2. The Morgan fingerprint density at radius 2 is 1.72 bits per heavy atom. The van der Waals surface area contributed by atoms with E-state index in [2.05, 4.69) is 66.1 Å². The standard InChI is InChI=1S/C16H18N2/c1-12-11-16(18-13-7-3-2-4-8-13)14-9-5-6-10-15(14)17-12/h2-10,12,16-18H,11H2,1H3/t12-,16+/m0/s1. The molecule has 2 aromatic carbocycles. The fourth-order valence-corrected chi connectivity index (χ4v) is 2.61. The van der Waals surface area contributed by atoms with E-state index in [4.69, 9.17) is 0 Å². The zero-order chi connectivity index (χ0) is 12.4. The highest BCUT2D eigenvalue weighted by Gasteiger charge is 2.23. The predicted molar refractivity (Wildman–Crippen MR) is 76.9 cm³/mol. The van der Waals surface area contributed by atoms with Crippen molar-refractivity contribution >= 4 is 11.4 Å². The summed E-state index contributed by atoms with van der Waals surface area (Å²) in [7, 11) is 0. The Balaban J connectivity index is 1.89. The molecular weight excluding hydrogens is 220 g/mol. The third-order valence-electron chi connectivity index (χ3n) is 3.44. The quantitative estimate of drug-likeness (QED) is 0.825. The Hall–Kier alpha value is -1.96. The minimum atomic E-state index is 0.389. The van der Waals surface area contributed by atoms with E-state index in [1.165, 1.54) is 16.9 Å². The van der Waals surface area contributed by atoms with Crippen LogP contribution in [0.1, 0.15) is 24.9 Å². The van der Waals surface area contributed by atoms with Crippen LogP contribution < -0.4 is 10.6 Å². The van der Waals surface area contributed by atoms with E-state index in [9.17, 15) is 0 Å². The lowest BCUT2D eigenvalue weighted by Crippen LogP contribution is -2.28. The van der Waals surface area contributed by atoms with Crippen molar-refractivity contribution < 1.29 is 0 Å². The Morgan fingerprint density at radius 3 is 2.56 bits per heavy atom. The van der Waals surface area contributed by atoms with Gasteiger partial charge in [0, 0.05) is 17.4 Å². The van der Waals surface area contributed by atoms with Gasteiger partial charge in [0.1, 0.15) is 0 Å². The monoisotopic (exact) mass is 238 g/mol. The second-order valence-electron chi connectivity index (χ2n) is 4.93. The third-order valence-corrected chi connectivity index (χ3v) is 3.44. The van der Waals surface area contributed by atoms with Crippen molar-refractivity contribution in [2.45, 2.75) is 25.4 Å². The lowest BCUT2D eigenvalue weighted by molar-refractivity contribution is 0.600. The van der Waals surface area contributed by atoms with Gasteiger partial charge in [0.2, 0.25) is 0 Å². The summed E-state index contributed by atoms with van der Waals surface area (Å²) in [6.07, 6.45) is 1.10. The second-order valence-corrected chi connectivity index (χ2v) is 4.93. The molecule has 0 fully saturated rings. The van der Waals surface area contributed by atoms with Crippen LogP contribution in [0.25, 0.3) is 0 Å². The van der Waals surface area contributed by atoms with Gasteiger partial charge < -0.3 is 10.6 Å². The topological polar surface area (TPSA) is 24.1 Å². The van der Waals surface area contributed by atoms with Crippen LogP contribution in [0.3, 0.4) is 0 Å². The van der Waals surface area contributed by atoms with Gasteiger partial charge in [-0.2, -0.15) is 0 Å². The molecule has 0 saturated heterocycles. The molecular formula is C16H18N2. The van der Waals surface area contributed by atoms with Crippen LogP contribution in [0.15, 0.2) is 54.6 Å². The molecule has 0 unspecified atom stereocenters. The highest BCUT2D eigenvalue weighted by Crippen LogP contribution is 2.34. The number of fused-ring (bicyclic) bond motifs is 1. The molecule has 2 aromatic rings. The molecule has 0 aliphatic carbocycles. The van der Waals surface area contributed by atoms with E-state index in [0.29, 0.717) is 12.1 Å². The Kier molecular flexibility index (Phi) is 2.93. The summed E-state index contributed by atoms with van der Waals surface area (Å²) in [4.78, 5) is 0. The van der Waals surface area contributed by atoms with Crippen molar-refractivity contribution in [2.75, 3.05) is 10.6 Å². The van der Waals surface area contributed by atoms with Crippen LogP contribution in [-0.2, 0) is 0 Å². The van der Waals surface area contributed by atoms with Gasteiger partial charge in [0.05, 0.1) is 6.04 Å². The number of hydrogen-bond donors (Lipinski definition) is 2. The molecule has 0 bridgehead atoms. The Morgan fingerprint density at radius 1 is 1.00 bits per heavy atom. The molecule has 1 aliphatic heterocycles. The van der Waals surface area contributed by atoms with Gasteiger partial charge in [0.15, 0.2) is 0 Å². The van der Waals surface area contributed by atoms with Crippen LogP contribution in [-0.4, -0.2) is 6.04 Å². The number of para-hydroxylation sites is 2. The van der Waals surface area contributed by atoms with Crippen molar-refractivity contribution in [1.29, 1.82) is 0 Å². The summed E-state index contributed by atoms with van der Waals surface area (Å²) < 4.78 is 0. The molecule has 2 heteroatoms. The first-order chi connectivity index (χ1) is 8.83. The van der Waals surface area contributed by atoms with E-state index in [0.717, 1.165) is 6.42 Å². The van der Waals surface area contributed by atoms with Gasteiger partial charge in [0.25, 0.3) is 0 Å². The molecule has 0 radical (unpaired) electrons. The van der Waals surface area contributed by atoms with Crippen molar-refractivity contribution in [3.05, 3.63) is 60.2 Å². The molecule has 2 nitrogen and oxygen atoms in total. The number of benzene rings is 2. The molecule has 92 valence electrons. The third kappa shape index (κ3) is 2.19. The molecule has 2 atom stereocenters. The summed E-state index contributed by atoms with van der Waals surface area (Å²) in [6, 6.07) is 19.9. The van der Waals surface area contributed by atoms with Gasteiger partial charge >= 0.3 is 0 Å². The number of anilines is 2. The molecule has 0 spiro atoms. The van der Waals surface area contributed by atoms with E-state index >= 15 is 0 Å². The van der Waals surface area contributed by atoms with Crippen LogP contribution in [0.2, 0.25) is 0 Å². The molecule has 2 N–H and O–H groups in total. The minimum absolute atomic E-state index is 0.389.